The van der Waals surface area contributed by atoms with Crippen molar-refractivity contribution < 1.29 is 9.47 Å². The van der Waals surface area contributed by atoms with Gasteiger partial charge in [0.15, 0.2) is 17.3 Å². The SMILES string of the molecule is Nc1ncccc1-c1nccc(NCc2cccc3c2OCO3)n1. The van der Waals surface area contributed by atoms with E-state index >= 15 is 0 Å². The monoisotopic (exact) mass is 321 g/mol. The van der Waals surface area contributed by atoms with Crippen LogP contribution in [0.1, 0.15) is 5.56 Å². The van der Waals surface area contributed by atoms with E-state index in [9.17, 15) is 0 Å². The van der Waals surface area contributed by atoms with Crippen molar-refractivity contribution in [3.63, 3.8) is 0 Å². The summed E-state index contributed by atoms with van der Waals surface area (Å²) in [6.45, 7) is 0.815. The Hall–Kier alpha value is -3.35. The standard InChI is InChI=1S/C17H15N5O2/c18-16-12(4-2-7-19-16)17-20-8-6-14(22-17)21-9-11-3-1-5-13-15(11)24-10-23-13/h1-8H,9-10H2,(H2,18,19)(H,20,21,22). The molecule has 3 N–H and O–H groups in total. The molecule has 2 aromatic heterocycles. The maximum absolute atomic E-state index is 5.89. The summed E-state index contributed by atoms with van der Waals surface area (Å²) in [4.78, 5) is 12.8. The van der Waals surface area contributed by atoms with Gasteiger partial charge in [-0.05, 0) is 24.3 Å². The maximum Gasteiger partial charge on any atom is 0.231 e. The zero-order chi connectivity index (χ0) is 16.4. The number of fused-ring (bicyclic) bond motifs is 1. The van der Waals surface area contributed by atoms with Crippen LogP contribution in [-0.4, -0.2) is 21.7 Å². The van der Waals surface area contributed by atoms with Crippen LogP contribution >= 0.6 is 0 Å². The van der Waals surface area contributed by atoms with Gasteiger partial charge in [-0.15, -0.1) is 0 Å². The Morgan fingerprint density at radius 2 is 2.00 bits per heavy atom. The van der Waals surface area contributed by atoms with Crippen LogP contribution in [0.25, 0.3) is 11.4 Å². The van der Waals surface area contributed by atoms with Gasteiger partial charge in [0.05, 0.1) is 5.56 Å². The van der Waals surface area contributed by atoms with Crippen LogP contribution in [0, 0.1) is 0 Å². The summed E-state index contributed by atoms with van der Waals surface area (Å²) in [5.74, 6) is 3.17. The number of rotatable bonds is 4. The topological polar surface area (TPSA) is 95.2 Å². The summed E-state index contributed by atoms with van der Waals surface area (Å²) < 4.78 is 10.9. The Bertz CT molecular complexity index is 884. The van der Waals surface area contributed by atoms with Crippen molar-refractivity contribution in [1.82, 2.24) is 15.0 Å². The smallest absolute Gasteiger partial charge is 0.231 e. The van der Waals surface area contributed by atoms with Gasteiger partial charge in [-0.1, -0.05) is 12.1 Å². The van der Waals surface area contributed by atoms with Gasteiger partial charge in [0.2, 0.25) is 6.79 Å². The Balaban J connectivity index is 1.55. The number of nitrogens with one attached hydrogen (secondary N) is 1. The third kappa shape index (κ3) is 2.67. The van der Waals surface area contributed by atoms with Gasteiger partial charge in [0.1, 0.15) is 11.6 Å². The Morgan fingerprint density at radius 3 is 2.92 bits per heavy atom. The molecule has 7 nitrogen and oxygen atoms in total. The van der Waals surface area contributed by atoms with Gasteiger partial charge in [0, 0.05) is 24.5 Å². The molecule has 0 amide bonds. The largest absolute Gasteiger partial charge is 0.454 e. The third-order valence-electron chi connectivity index (χ3n) is 3.67. The number of nitrogen functional groups attached to an aromatic ring is 1. The number of para-hydroxylation sites is 1. The molecule has 3 aromatic rings. The molecule has 0 fully saturated rings. The lowest BCUT2D eigenvalue weighted by atomic mass is 10.2. The zero-order valence-electron chi connectivity index (χ0n) is 12.8. The second-order valence-corrected chi connectivity index (χ2v) is 5.21. The summed E-state index contributed by atoms with van der Waals surface area (Å²) in [6.07, 6.45) is 3.32. The number of aromatic nitrogens is 3. The van der Waals surface area contributed by atoms with Crippen molar-refractivity contribution in [2.24, 2.45) is 0 Å². The van der Waals surface area contributed by atoms with Crippen molar-refractivity contribution in [3.05, 3.63) is 54.4 Å². The number of benzene rings is 1. The molecule has 0 atom stereocenters. The molecular weight excluding hydrogens is 306 g/mol. The van der Waals surface area contributed by atoms with E-state index in [1.54, 1.807) is 24.5 Å². The predicted molar refractivity (Wildman–Crippen MR) is 89.6 cm³/mol. The van der Waals surface area contributed by atoms with E-state index in [1.807, 2.05) is 24.3 Å². The third-order valence-corrected chi connectivity index (χ3v) is 3.67. The summed E-state index contributed by atoms with van der Waals surface area (Å²) >= 11 is 0. The van der Waals surface area contributed by atoms with Gasteiger partial charge in [-0.25, -0.2) is 15.0 Å². The highest BCUT2D eigenvalue weighted by atomic mass is 16.7. The lowest BCUT2D eigenvalue weighted by molar-refractivity contribution is 0.173. The lowest BCUT2D eigenvalue weighted by Gasteiger charge is -2.09. The highest BCUT2D eigenvalue weighted by Gasteiger charge is 2.17. The van der Waals surface area contributed by atoms with Crippen molar-refractivity contribution in [2.75, 3.05) is 17.8 Å². The molecule has 0 spiro atoms. The molecule has 4 rings (SSSR count). The minimum absolute atomic E-state index is 0.254. The Labute approximate surface area is 138 Å². The van der Waals surface area contributed by atoms with Crippen molar-refractivity contribution in [3.8, 4) is 22.9 Å². The minimum Gasteiger partial charge on any atom is -0.454 e. The van der Waals surface area contributed by atoms with Crippen LogP contribution in [0.2, 0.25) is 0 Å². The van der Waals surface area contributed by atoms with Crippen LogP contribution < -0.4 is 20.5 Å². The minimum atomic E-state index is 0.254. The van der Waals surface area contributed by atoms with E-state index in [0.717, 1.165) is 17.1 Å². The number of nitrogens with zero attached hydrogens (tertiary/aromatic N) is 3. The van der Waals surface area contributed by atoms with E-state index in [4.69, 9.17) is 15.2 Å². The van der Waals surface area contributed by atoms with Crippen LogP contribution in [0.15, 0.2) is 48.8 Å². The molecule has 120 valence electrons. The quantitative estimate of drug-likeness (QED) is 0.762. The molecule has 24 heavy (non-hydrogen) atoms. The molecule has 0 bridgehead atoms. The fourth-order valence-electron chi connectivity index (χ4n) is 2.51. The molecule has 0 saturated carbocycles. The molecular formula is C17H15N5O2. The second kappa shape index (κ2) is 6.04. The molecule has 0 radical (unpaired) electrons. The van der Waals surface area contributed by atoms with Crippen LogP contribution in [0.4, 0.5) is 11.6 Å². The van der Waals surface area contributed by atoms with Crippen LogP contribution in [-0.2, 0) is 6.54 Å². The molecule has 1 aliphatic heterocycles. The van der Waals surface area contributed by atoms with Gasteiger partial charge in [-0.3, -0.25) is 0 Å². The van der Waals surface area contributed by atoms with E-state index in [1.165, 1.54) is 0 Å². The van der Waals surface area contributed by atoms with E-state index in [0.29, 0.717) is 29.6 Å². The predicted octanol–water partition coefficient (Wildman–Crippen LogP) is 2.46. The molecule has 3 heterocycles. The van der Waals surface area contributed by atoms with Crippen LogP contribution in [0.3, 0.4) is 0 Å². The van der Waals surface area contributed by atoms with Crippen molar-refractivity contribution in [1.29, 1.82) is 0 Å². The highest BCUT2D eigenvalue weighted by Crippen LogP contribution is 2.35. The number of pyridine rings is 1. The Morgan fingerprint density at radius 1 is 1.04 bits per heavy atom. The first-order valence-electron chi connectivity index (χ1n) is 7.46. The summed E-state index contributed by atoms with van der Waals surface area (Å²) in [7, 11) is 0. The van der Waals surface area contributed by atoms with E-state index < -0.39 is 0 Å². The number of hydrogen-bond donors (Lipinski definition) is 2. The molecule has 0 unspecified atom stereocenters. The number of hydrogen-bond acceptors (Lipinski definition) is 7. The fraction of sp³-hybridized carbons (Fsp3) is 0.118. The fourth-order valence-corrected chi connectivity index (χ4v) is 2.51. The highest BCUT2D eigenvalue weighted by molar-refractivity contribution is 5.68. The average molecular weight is 321 g/mol. The molecule has 0 saturated heterocycles. The Kier molecular flexibility index (Phi) is 3.59. The normalized spacial score (nSPS) is 12.2. The summed E-state index contributed by atoms with van der Waals surface area (Å²) in [5, 5.41) is 3.27. The number of ether oxygens (including phenoxy) is 2. The number of nitrogens with two attached hydrogens (primary N) is 1. The van der Waals surface area contributed by atoms with Gasteiger partial charge < -0.3 is 20.5 Å². The first kappa shape index (κ1) is 14.3. The summed E-state index contributed by atoms with van der Waals surface area (Å²) in [5.41, 5.74) is 7.60. The lowest BCUT2D eigenvalue weighted by Crippen LogP contribution is -2.04. The van der Waals surface area contributed by atoms with E-state index in [2.05, 4.69) is 20.3 Å². The molecule has 1 aliphatic rings. The van der Waals surface area contributed by atoms with Crippen LogP contribution in [0.5, 0.6) is 11.5 Å². The second-order valence-electron chi connectivity index (χ2n) is 5.21. The maximum atomic E-state index is 5.89. The number of anilines is 2. The first-order chi connectivity index (χ1) is 11.8. The molecule has 0 aliphatic carbocycles. The first-order valence-corrected chi connectivity index (χ1v) is 7.46. The van der Waals surface area contributed by atoms with Gasteiger partial charge >= 0.3 is 0 Å². The molecule has 1 aromatic carbocycles. The van der Waals surface area contributed by atoms with E-state index in [-0.39, 0.29) is 6.79 Å². The summed E-state index contributed by atoms with van der Waals surface area (Å²) in [6, 6.07) is 11.3. The van der Waals surface area contributed by atoms with Crippen molar-refractivity contribution in [2.45, 2.75) is 6.54 Å². The van der Waals surface area contributed by atoms with Gasteiger partial charge in [-0.2, -0.15) is 0 Å². The van der Waals surface area contributed by atoms with Crippen molar-refractivity contribution >= 4 is 11.6 Å². The average Bonchev–Trinajstić information content (AvgIpc) is 3.10. The zero-order valence-corrected chi connectivity index (χ0v) is 12.8. The molecule has 7 heteroatoms. The van der Waals surface area contributed by atoms with Gasteiger partial charge in [0.25, 0.3) is 0 Å².